The summed E-state index contributed by atoms with van der Waals surface area (Å²) in [5, 5.41) is 0. The summed E-state index contributed by atoms with van der Waals surface area (Å²) in [6.07, 6.45) is 8.13. The molecule has 0 aromatic heterocycles. The van der Waals surface area contributed by atoms with E-state index in [9.17, 15) is 4.79 Å². The van der Waals surface area contributed by atoms with E-state index >= 15 is 0 Å². The molecule has 3 saturated heterocycles. The molecule has 3 aliphatic heterocycles. The standard InChI is InChI=1S/C17H30N2O2/c1-18-9-6-14(7-10-18)15-8-11-19(13-15)17(20)5-4-16-3-2-12-21-16/h14-16H,2-13H2,1H3/t15-,16+/m1/s1. The smallest absolute Gasteiger partial charge is 0.222 e. The van der Waals surface area contributed by atoms with E-state index in [1.165, 1.54) is 38.8 Å². The van der Waals surface area contributed by atoms with Crippen molar-refractivity contribution in [1.29, 1.82) is 0 Å². The summed E-state index contributed by atoms with van der Waals surface area (Å²) in [4.78, 5) is 16.9. The summed E-state index contributed by atoms with van der Waals surface area (Å²) in [7, 11) is 2.21. The summed E-state index contributed by atoms with van der Waals surface area (Å²) < 4.78 is 5.62. The van der Waals surface area contributed by atoms with Crippen LogP contribution in [0.4, 0.5) is 0 Å². The lowest BCUT2D eigenvalue weighted by Gasteiger charge is -2.32. The van der Waals surface area contributed by atoms with Crippen molar-refractivity contribution in [3.63, 3.8) is 0 Å². The van der Waals surface area contributed by atoms with Gasteiger partial charge >= 0.3 is 0 Å². The average molecular weight is 294 g/mol. The van der Waals surface area contributed by atoms with Gasteiger partial charge in [0.2, 0.25) is 5.91 Å². The highest BCUT2D eigenvalue weighted by atomic mass is 16.5. The van der Waals surface area contributed by atoms with E-state index in [1.807, 2.05) is 0 Å². The fraction of sp³-hybridized carbons (Fsp3) is 0.941. The van der Waals surface area contributed by atoms with Crippen molar-refractivity contribution in [2.24, 2.45) is 11.8 Å². The second-order valence-corrected chi connectivity index (χ2v) is 7.20. The fourth-order valence-corrected chi connectivity index (χ4v) is 4.21. The van der Waals surface area contributed by atoms with Crippen LogP contribution in [0.5, 0.6) is 0 Å². The number of ether oxygens (including phenoxy) is 1. The normalized spacial score (nSPS) is 32.0. The molecule has 0 unspecified atom stereocenters. The van der Waals surface area contributed by atoms with Crippen LogP contribution in [-0.2, 0) is 9.53 Å². The molecule has 3 rings (SSSR count). The molecule has 1 amide bonds. The highest BCUT2D eigenvalue weighted by molar-refractivity contribution is 5.76. The van der Waals surface area contributed by atoms with Crippen LogP contribution < -0.4 is 0 Å². The third-order valence-electron chi connectivity index (χ3n) is 5.71. The Morgan fingerprint density at radius 1 is 1.10 bits per heavy atom. The summed E-state index contributed by atoms with van der Waals surface area (Å²) in [5.41, 5.74) is 0. The second-order valence-electron chi connectivity index (χ2n) is 7.20. The Morgan fingerprint density at radius 3 is 2.57 bits per heavy atom. The number of carbonyl (C=O) groups excluding carboxylic acids is 1. The molecule has 0 bridgehead atoms. The minimum atomic E-state index is 0.348. The van der Waals surface area contributed by atoms with Crippen LogP contribution in [0.1, 0.15) is 44.9 Å². The van der Waals surface area contributed by atoms with E-state index in [1.54, 1.807) is 0 Å². The van der Waals surface area contributed by atoms with E-state index in [4.69, 9.17) is 4.74 Å². The average Bonchev–Trinajstić information content (AvgIpc) is 3.17. The van der Waals surface area contributed by atoms with Gasteiger partial charge in [-0.1, -0.05) is 0 Å². The number of hydrogen-bond donors (Lipinski definition) is 0. The van der Waals surface area contributed by atoms with Gasteiger partial charge in [-0.25, -0.2) is 0 Å². The predicted molar refractivity (Wildman–Crippen MR) is 83.1 cm³/mol. The SMILES string of the molecule is CN1CCC([C@@H]2CCN(C(=O)CC[C@@H]3CCCO3)C2)CC1. The number of piperidine rings is 1. The maximum absolute atomic E-state index is 12.3. The summed E-state index contributed by atoms with van der Waals surface area (Å²) in [6.45, 7) is 5.35. The first-order chi connectivity index (χ1) is 10.2. The molecule has 0 spiro atoms. The Balaban J connectivity index is 1.40. The minimum absolute atomic E-state index is 0.348. The number of carbonyl (C=O) groups is 1. The zero-order valence-corrected chi connectivity index (χ0v) is 13.4. The van der Waals surface area contributed by atoms with Crippen LogP contribution in [0, 0.1) is 11.8 Å². The molecule has 120 valence electrons. The third kappa shape index (κ3) is 3.98. The molecule has 4 heteroatoms. The zero-order valence-electron chi connectivity index (χ0n) is 13.4. The lowest BCUT2D eigenvalue weighted by molar-refractivity contribution is -0.131. The van der Waals surface area contributed by atoms with Crippen LogP contribution in [0.2, 0.25) is 0 Å². The molecule has 0 radical (unpaired) electrons. The molecular formula is C17H30N2O2. The molecule has 3 fully saturated rings. The van der Waals surface area contributed by atoms with Gasteiger partial charge in [0.1, 0.15) is 0 Å². The number of nitrogens with zero attached hydrogens (tertiary/aromatic N) is 2. The van der Waals surface area contributed by atoms with Crippen molar-refractivity contribution < 1.29 is 9.53 Å². The highest BCUT2D eigenvalue weighted by Gasteiger charge is 2.33. The van der Waals surface area contributed by atoms with Gasteiger partial charge in [-0.05, 0) is 70.5 Å². The zero-order chi connectivity index (χ0) is 14.7. The Hall–Kier alpha value is -0.610. The maximum atomic E-state index is 12.3. The van der Waals surface area contributed by atoms with E-state index in [0.29, 0.717) is 18.4 Å². The monoisotopic (exact) mass is 294 g/mol. The summed E-state index contributed by atoms with van der Waals surface area (Å²) in [5.74, 6) is 1.96. The first kappa shape index (κ1) is 15.3. The van der Waals surface area contributed by atoms with Crippen LogP contribution in [-0.4, -0.2) is 61.6 Å². The predicted octanol–water partition coefficient (Wildman–Crippen LogP) is 2.14. The molecule has 3 heterocycles. The van der Waals surface area contributed by atoms with Gasteiger partial charge < -0.3 is 14.5 Å². The molecule has 0 saturated carbocycles. The van der Waals surface area contributed by atoms with Gasteiger partial charge in [-0.3, -0.25) is 4.79 Å². The number of amides is 1. The lowest BCUT2D eigenvalue weighted by atomic mass is 9.84. The van der Waals surface area contributed by atoms with Gasteiger partial charge in [0, 0.05) is 26.1 Å². The van der Waals surface area contributed by atoms with Crippen molar-refractivity contribution in [3.8, 4) is 0 Å². The van der Waals surface area contributed by atoms with Gasteiger partial charge in [0.15, 0.2) is 0 Å². The first-order valence-corrected chi connectivity index (χ1v) is 8.80. The Labute approximate surface area is 128 Å². The van der Waals surface area contributed by atoms with Crippen LogP contribution in [0.25, 0.3) is 0 Å². The third-order valence-corrected chi connectivity index (χ3v) is 5.71. The minimum Gasteiger partial charge on any atom is -0.378 e. The number of rotatable bonds is 4. The van der Waals surface area contributed by atoms with Crippen molar-refractivity contribution in [1.82, 2.24) is 9.80 Å². The fourth-order valence-electron chi connectivity index (χ4n) is 4.21. The summed E-state index contributed by atoms with van der Waals surface area (Å²) >= 11 is 0. The largest absolute Gasteiger partial charge is 0.378 e. The molecule has 0 aromatic carbocycles. The van der Waals surface area contributed by atoms with Crippen molar-refractivity contribution in [3.05, 3.63) is 0 Å². The van der Waals surface area contributed by atoms with Gasteiger partial charge in [-0.2, -0.15) is 0 Å². The van der Waals surface area contributed by atoms with Gasteiger partial charge in [0.05, 0.1) is 6.10 Å². The van der Waals surface area contributed by atoms with Crippen LogP contribution in [0.15, 0.2) is 0 Å². The molecule has 0 aromatic rings. The highest BCUT2D eigenvalue weighted by Crippen LogP contribution is 2.32. The molecule has 0 N–H and O–H groups in total. The van der Waals surface area contributed by atoms with E-state index in [0.717, 1.165) is 44.4 Å². The second kappa shape index (κ2) is 7.10. The number of likely N-dealkylation sites (tertiary alicyclic amines) is 2. The van der Waals surface area contributed by atoms with Crippen molar-refractivity contribution >= 4 is 5.91 Å². The van der Waals surface area contributed by atoms with E-state index < -0.39 is 0 Å². The molecule has 0 aliphatic carbocycles. The van der Waals surface area contributed by atoms with E-state index in [2.05, 4.69) is 16.8 Å². The lowest BCUT2D eigenvalue weighted by Crippen LogP contribution is -2.35. The van der Waals surface area contributed by atoms with Gasteiger partial charge in [0.25, 0.3) is 0 Å². The van der Waals surface area contributed by atoms with Crippen molar-refractivity contribution in [2.45, 2.75) is 51.0 Å². The molecule has 4 nitrogen and oxygen atoms in total. The maximum Gasteiger partial charge on any atom is 0.222 e. The van der Waals surface area contributed by atoms with Crippen molar-refractivity contribution in [2.75, 3.05) is 39.8 Å². The van der Waals surface area contributed by atoms with Gasteiger partial charge in [-0.15, -0.1) is 0 Å². The molecule has 2 atom stereocenters. The molecular weight excluding hydrogens is 264 g/mol. The quantitative estimate of drug-likeness (QED) is 0.796. The Kier molecular flexibility index (Phi) is 5.17. The molecule has 3 aliphatic rings. The number of hydrogen-bond acceptors (Lipinski definition) is 3. The van der Waals surface area contributed by atoms with Crippen LogP contribution >= 0.6 is 0 Å². The summed E-state index contributed by atoms with van der Waals surface area (Å²) in [6, 6.07) is 0. The Morgan fingerprint density at radius 2 is 1.86 bits per heavy atom. The topological polar surface area (TPSA) is 32.8 Å². The van der Waals surface area contributed by atoms with Crippen LogP contribution in [0.3, 0.4) is 0 Å². The Bertz CT molecular complexity index is 347. The van der Waals surface area contributed by atoms with E-state index in [-0.39, 0.29) is 0 Å². The molecule has 21 heavy (non-hydrogen) atoms. The first-order valence-electron chi connectivity index (χ1n) is 8.80.